The van der Waals surface area contributed by atoms with Crippen LogP contribution in [-0.2, 0) is 0 Å². The van der Waals surface area contributed by atoms with Gasteiger partial charge in [0.15, 0.2) is 0 Å². The summed E-state index contributed by atoms with van der Waals surface area (Å²) in [5, 5.41) is 0. The summed E-state index contributed by atoms with van der Waals surface area (Å²) in [7, 11) is 0. The third-order valence-electron chi connectivity index (χ3n) is 2.25. The number of hydrogen-bond donors (Lipinski definition) is 1. The lowest BCUT2D eigenvalue weighted by atomic mass is 10.3. The second kappa shape index (κ2) is 4.68. The molecule has 15 heavy (non-hydrogen) atoms. The molecule has 1 saturated carbocycles. The average molecular weight is 297 g/mol. The highest BCUT2D eigenvalue weighted by Gasteiger charge is 2.39. The molecular formula is C10H12BrClFNO. The number of halogens is 3. The monoisotopic (exact) mass is 295 g/mol. The van der Waals surface area contributed by atoms with Crippen molar-refractivity contribution in [2.75, 3.05) is 6.61 Å². The van der Waals surface area contributed by atoms with Crippen molar-refractivity contribution >= 4 is 28.3 Å². The van der Waals surface area contributed by atoms with Crippen molar-refractivity contribution in [3.05, 3.63) is 28.5 Å². The Morgan fingerprint density at radius 3 is 2.60 bits per heavy atom. The van der Waals surface area contributed by atoms with Crippen molar-refractivity contribution in [2.45, 2.75) is 18.4 Å². The molecule has 1 aromatic rings. The minimum absolute atomic E-state index is 0. The van der Waals surface area contributed by atoms with E-state index in [2.05, 4.69) is 15.9 Å². The Balaban J connectivity index is 0.00000112. The number of hydrogen-bond acceptors (Lipinski definition) is 2. The van der Waals surface area contributed by atoms with E-state index in [4.69, 9.17) is 10.5 Å². The zero-order valence-corrected chi connectivity index (χ0v) is 10.4. The van der Waals surface area contributed by atoms with E-state index in [1.165, 1.54) is 12.1 Å². The highest BCUT2D eigenvalue weighted by atomic mass is 79.9. The number of nitrogens with two attached hydrogens (primary N) is 1. The smallest absolute Gasteiger partial charge is 0.128 e. The minimum Gasteiger partial charge on any atom is -0.492 e. The maximum Gasteiger partial charge on any atom is 0.128 e. The van der Waals surface area contributed by atoms with Crippen LogP contribution in [0.2, 0.25) is 0 Å². The number of ether oxygens (including phenoxy) is 1. The third-order valence-corrected chi connectivity index (χ3v) is 2.71. The van der Waals surface area contributed by atoms with E-state index < -0.39 is 0 Å². The lowest BCUT2D eigenvalue weighted by molar-refractivity contribution is 0.278. The topological polar surface area (TPSA) is 35.2 Å². The van der Waals surface area contributed by atoms with Crippen molar-refractivity contribution in [2.24, 2.45) is 5.73 Å². The quantitative estimate of drug-likeness (QED) is 0.931. The second-order valence-corrected chi connectivity index (χ2v) is 4.67. The summed E-state index contributed by atoms with van der Waals surface area (Å²) in [5.41, 5.74) is 5.67. The van der Waals surface area contributed by atoms with E-state index in [0.29, 0.717) is 16.8 Å². The molecular weight excluding hydrogens is 284 g/mol. The molecule has 0 unspecified atom stereocenters. The van der Waals surface area contributed by atoms with Gasteiger partial charge in [-0.05, 0) is 25.0 Å². The summed E-state index contributed by atoms with van der Waals surface area (Å²) < 4.78 is 19.0. The van der Waals surface area contributed by atoms with E-state index in [0.717, 1.165) is 12.8 Å². The predicted octanol–water partition coefficient (Wildman–Crippen LogP) is 2.88. The van der Waals surface area contributed by atoms with Crippen LogP contribution in [0.15, 0.2) is 22.7 Å². The van der Waals surface area contributed by atoms with Crippen molar-refractivity contribution < 1.29 is 9.13 Å². The molecule has 0 radical (unpaired) electrons. The van der Waals surface area contributed by atoms with Crippen LogP contribution in [-0.4, -0.2) is 12.1 Å². The summed E-state index contributed by atoms with van der Waals surface area (Å²) in [4.78, 5) is 0. The van der Waals surface area contributed by atoms with Crippen LogP contribution in [0.1, 0.15) is 12.8 Å². The predicted molar refractivity (Wildman–Crippen MR) is 63.0 cm³/mol. The lowest BCUT2D eigenvalue weighted by Crippen LogP contribution is -2.29. The van der Waals surface area contributed by atoms with Crippen LogP contribution in [0, 0.1) is 5.82 Å². The largest absolute Gasteiger partial charge is 0.492 e. The molecule has 2 nitrogen and oxygen atoms in total. The van der Waals surface area contributed by atoms with Gasteiger partial charge < -0.3 is 10.5 Å². The Morgan fingerprint density at radius 2 is 2.07 bits per heavy atom. The fourth-order valence-corrected chi connectivity index (χ4v) is 1.59. The van der Waals surface area contributed by atoms with Gasteiger partial charge >= 0.3 is 0 Å². The lowest BCUT2D eigenvalue weighted by Gasteiger charge is -2.11. The van der Waals surface area contributed by atoms with E-state index in [1.807, 2.05) is 0 Å². The molecule has 2 rings (SSSR count). The molecule has 0 atom stereocenters. The highest BCUT2D eigenvalue weighted by Crippen LogP contribution is 2.33. The summed E-state index contributed by atoms with van der Waals surface area (Å²) in [6, 6.07) is 4.48. The van der Waals surface area contributed by atoms with Gasteiger partial charge in [0.2, 0.25) is 0 Å². The van der Waals surface area contributed by atoms with Gasteiger partial charge in [-0.3, -0.25) is 0 Å². The van der Waals surface area contributed by atoms with Gasteiger partial charge in [0.1, 0.15) is 18.2 Å². The van der Waals surface area contributed by atoms with Crippen molar-refractivity contribution in [1.29, 1.82) is 0 Å². The van der Waals surface area contributed by atoms with Gasteiger partial charge in [0.05, 0.1) is 5.54 Å². The van der Waals surface area contributed by atoms with E-state index in [9.17, 15) is 4.39 Å². The Labute approximate surface area is 103 Å². The minimum atomic E-state index is -0.309. The summed E-state index contributed by atoms with van der Waals surface area (Å²) in [6.45, 7) is 0.461. The first-order valence-corrected chi connectivity index (χ1v) is 5.25. The zero-order chi connectivity index (χ0) is 10.2. The van der Waals surface area contributed by atoms with Gasteiger partial charge in [-0.1, -0.05) is 15.9 Å². The first-order valence-electron chi connectivity index (χ1n) is 4.45. The molecule has 2 N–H and O–H groups in total. The van der Waals surface area contributed by atoms with Crippen molar-refractivity contribution in [3.63, 3.8) is 0 Å². The zero-order valence-electron chi connectivity index (χ0n) is 8.00. The average Bonchev–Trinajstić information content (AvgIpc) is 2.80. The molecule has 0 heterocycles. The molecule has 0 aromatic heterocycles. The third kappa shape index (κ3) is 3.63. The Kier molecular flexibility index (Phi) is 3.98. The van der Waals surface area contributed by atoms with Crippen LogP contribution in [0.4, 0.5) is 4.39 Å². The molecule has 1 aliphatic rings. The van der Waals surface area contributed by atoms with E-state index in [1.54, 1.807) is 6.07 Å². The Morgan fingerprint density at radius 1 is 1.40 bits per heavy atom. The normalized spacial score (nSPS) is 16.7. The molecule has 1 aliphatic carbocycles. The molecule has 5 heteroatoms. The summed E-state index contributed by atoms with van der Waals surface area (Å²) >= 11 is 3.20. The van der Waals surface area contributed by atoms with Crippen LogP contribution < -0.4 is 10.5 Å². The van der Waals surface area contributed by atoms with E-state index >= 15 is 0 Å². The van der Waals surface area contributed by atoms with Crippen LogP contribution in [0.5, 0.6) is 5.75 Å². The molecule has 0 aliphatic heterocycles. The van der Waals surface area contributed by atoms with Gasteiger partial charge in [-0.25, -0.2) is 4.39 Å². The highest BCUT2D eigenvalue weighted by molar-refractivity contribution is 9.10. The molecule has 84 valence electrons. The van der Waals surface area contributed by atoms with Crippen molar-refractivity contribution in [3.8, 4) is 5.75 Å². The molecule has 0 saturated heterocycles. The van der Waals surface area contributed by atoms with Gasteiger partial charge in [-0.15, -0.1) is 12.4 Å². The summed E-state index contributed by atoms with van der Waals surface area (Å²) in [5.74, 6) is 0.213. The molecule has 1 aromatic carbocycles. The van der Waals surface area contributed by atoms with Crippen LogP contribution >= 0.6 is 28.3 Å². The maximum atomic E-state index is 12.9. The second-order valence-electron chi connectivity index (χ2n) is 3.76. The number of benzene rings is 1. The molecule has 0 spiro atoms. The first-order chi connectivity index (χ1) is 6.57. The maximum absolute atomic E-state index is 12.9. The van der Waals surface area contributed by atoms with Crippen LogP contribution in [0.25, 0.3) is 0 Å². The van der Waals surface area contributed by atoms with Gasteiger partial charge in [-0.2, -0.15) is 0 Å². The first kappa shape index (κ1) is 12.7. The molecule has 0 bridgehead atoms. The van der Waals surface area contributed by atoms with Gasteiger partial charge in [0, 0.05) is 10.5 Å². The standard InChI is InChI=1S/C10H11BrFNO.ClH/c11-7-3-8(12)5-9(4-7)14-6-10(13)1-2-10;/h3-5H,1-2,6,13H2;1H. The Hall–Kier alpha value is -0.320. The van der Waals surface area contributed by atoms with E-state index in [-0.39, 0.29) is 23.8 Å². The fraction of sp³-hybridized carbons (Fsp3) is 0.400. The van der Waals surface area contributed by atoms with Crippen molar-refractivity contribution in [1.82, 2.24) is 0 Å². The van der Waals surface area contributed by atoms with Crippen LogP contribution in [0.3, 0.4) is 0 Å². The fourth-order valence-electron chi connectivity index (χ4n) is 1.14. The van der Waals surface area contributed by atoms with Gasteiger partial charge in [0.25, 0.3) is 0 Å². The summed E-state index contributed by atoms with van der Waals surface area (Å²) in [6.07, 6.45) is 1.98. The molecule has 0 amide bonds. The molecule has 1 fully saturated rings. The Bertz CT molecular complexity index is 337. The number of rotatable bonds is 3. The SMILES string of the molecule is Cl.NC1(COc2cc(F)cc(Br)c2)CC1.